The second-order valence-corrected chi connectivity index (χ2v) is 6.50. The summed E-state index contributed by atoms with van der Waals surface area (Å²) >= 11 is 6.12. The molecule has 1 amide bonds. The molecule has 0 aliphatic carbocycles. The first kappa shape index (κ1) is 22.3. The molecule has 0 saturated heterocycles. The molecule has 0 bridgehead atoms. The van der Waals surface area contributed by atoms with Gasteiger partial charge < -0.3 is 19.5 Å². The molecule has 0 aliphatic rings. The zero-order valence-electron chi connectivity index (χ0n) is 16.6. The molecule has 0 heterocycles. The normalized spacial score (nSPS) is 11.7. The van der Waals surface area contributed by atoms with Crippen molar-refractivity contribution in [2.24, 2.45) is 0 Å². The van der Waals surface area contributed by atoms with Crippen molar-refractivity contribution in [3.8, 4) is 11.5 Å². The highest BCUT2D eigenvalue weighted by Gasteiger charge is 2.13. The number of halogens is 1. The summed E-state index contributed by atoms with van der Waals surface area (Å²) in [5.41, 5.74) is 1.53. The second kappa shape index (κ2) is 11.1. The Labute approximate surface area is 175 Å². The Morgan fingerprint density at radius 2 is 1.93 bits per heavy atom. The molecular formula is C22H24ClNO5. The predicted octanol–water partition coefficient (Wildman–Crippen LogP) is 4.18. The third-order valence-corrected chi connectivity index (χ3v) is 4.34. The van der Waals surface area contributed by atoms with Crippen LogP contribution in [0.4, 0.5) is 0 Å². The van der Waals surface area contributed by atoms with Gasteiger partial charge in [0.25, 0.3) is 5.91 Å². The van der Waals surface area contributed by atoms with Crippen molar-refractivity contribution >= 4 is 29.6 Å². The summed E-state index contributed by atoms with van der Waals surface area (Å²) in [4.78, 5) is 23.9. The molecule has 0 spiro atoms. The third-order valence-electron chi connectivity index (χ3n) is 3.99. The average molecular weight is 418 g/mol. The van der Waals surface area contributed by atoms with Crippen LogP contribution in [0.25, 0.3) is 6.08 Å². The molecule has 1 atom stereocenters. The van der Waals surface area contributed by atoms with Crippen LogP contribution in [0.1, 0.15) is 31.0 Å². The van der Waals surface area contributed by atoms with E-state index in [1.807, 2.05) is 25.1 Å². The molecule has 0 unspecified atom stereocenters. The number of carbonyl (C=O) groups excluding carboxylic acids is 2. The summed E-state index contributed by atoms with van der Waals surface area (Å²) in [6.07, 6.45) is 2.82. The molecule has 154 valence electrons. The van der Waals surface area contributed by atoms with Gasteiger partial charge in [-0.1, -0.05) is 35.9 Å². The minimum Gasteiger partial charge on any atom is -0.493 e. The summed E-state index contributed by atoms with van der Waals surface area (Å²) < 4.78 is 15.7. The Morgan fingerprint density at radius 3 is 2.62 bits per heavy atom. The van der Waals surface area contributed by atoms with Gasteiger partial charge in [0.05, 0.1) is 19.8 Å². The lowest BCUT2D eigenvalue weighted by Gasteiger charge is -2.15. The van der Waals surface area contributed by atoms with Crippen molar-refractivity contribution in [3.05, 3.63) is 64.7 Å². The molecule has 0 saturated carbocycles. The van der Waals surface area contributed by atoms with Crippen molar-refractivity contribution in [2.45, 2.75) is 19.9 Å². The minimum absolute atomic E-state index is 0.304. The fourth-order valence-corrected chi connectivity index (χ4v) is 2.90. The van der Waals surface area contributed by atoms with Gasteiger partial charge in [-0.05, 0) is 49.2 Å². The van der Waals surface area contributed by atoms with Gasteiger partial charge in [-0.25, -0.2) is 4.79 Å². The smallest absolute Gasteiger partial charge is 0.331 e. The zero-order chi connectivity index (χ0) is 21.2. The highest BCUT2D eigenvalue weighted by Crippen LogP contribution is 2.28. The van der Waals surface area contributed by atoms with Crippen LogP contribution in [0.5, 0.6) is 11.5 Å². The molecule has 2 aromatic carbocycles. The summed E-state index contributed by atoms with van der Waals surface area (Å²) in [6.45, 7) is 3.83. The Bertz CT molecular complexity index is 881. The van der Waals surface area contributed by atoms with Crippen LogP contribution >= 0.6 is 11.6 Å². The van der Waals surface area contributed by atoms with Crippen molar-refractivity contribution in [2.75, 3.05) is 20.3 Å². The molecule has 0 radical (unpaired) electrons. The SMILES string of the molecule is CCOc1ccc(/C=C/C(=O)OCC(=O)N[C@H](C)c2ccccc2Cl)cc1OC. The largest absolute Gasteiger partial charge is 0.493 e. The molecule has 0 fully saturated rings. The number of rotatable bonds is 9. The first-order valence-electron chi connectivity index (χ1n) is 9.14. The second-order valence-electron chi connectivity index (χ2n) is 6.10. The Kier molecular flexibility index (Phi) is 8.55. The number of hydrogen-bond donors (Lipinski definition) is 1. The third kappa shape index (κ3) is 6.84. The topological polar surface area (TPSA) is 73.9 Å². The maximum absolute atomic E-state index is 12.0. The van der Waals surface area contributed by atoms with Crippen LogP contribution in [0.15, 0.2) is 48.5 Å². The van der Waals surface area contributed by atoms with Crippen LogP contribution in [0.3, 0.4) is 0 Å². The van der Waals surface area contributed by atoms with Crippen LogP contribution in [-0.2, 0) is 14.3 Å². The van der Waals surface area contributed by atoms with Crippen molar-refractivity contribution in [3.63, 3.8) is 0 Å². The highest BCUT2D eigenvalue weighted by atomic mass is 35.5. The van der Waals surface area contributed by atoms with E-state index >= 15 is 0 Å². The van der Waals surface area contributed by atoms with E-state index in [4.69, 9.17) is 25.8 Å². The molecule has 0 aromatic heterocycles. The summed E-state index contributed by atoms with van der Waals surface area (Å²) in [5, 5.41) is 3.31. The number of carbonyl (C=O) groups is 2. The molecule has 29 heavy (non-hydrogen) atoms. The lowest BCUT2D eigenvalue weighted by atomic mass is 10.1. The maximum atomic E-state index is 12.0. The lowest BCUT2D eigenvalue weighted by Crippen LogP contribution is -2.31. The molecular weight excluding hydrogens is 394 g/mol. The standard InChI is InChI=1S/C22H24ClNO5/c1-4-28-19-11-9-16(13-20(19)27-3)10-12-22(26)29-14-21(25)24-15(2)17-7-5-6-8-18(17)23/h5-13,15H,4,14H2,1-3H3,(H,24,25)/b12-10+/t15-/m1/s1. The van der Waals surface area contributed by atoms with Crippen molar-refractivity contribution < 1.29 is 23.8 Å². The van der Waals surface area contributed by atoms with Crippen LogP contribution in [0, 0.1) is 0 Å². The molecule has 2 rings (SSSR count). The number of hydrogen-bond acceptors (Lipinski definition) is 5. The van der Waals surface area contributed by atoms with Gasteiger partial charge in [0.15, 0.2) is 18.1 Å². The first-order valence-corrected chi connectivity index (χ1v) is 9.51. The van der Waals surface area contributed by atoms with E-state index in [0.717, 1.165) is 11.1 Å². The lowest BCUT2D eigenvalue weighted by molar-refractivity contribution is -0.144. The van der Waals surface area contributed by atoms with E-state index in [0.29, 0.717) is 23.1 Å². The molecule has 2 aromatic rings. The molecule has 6 nitrogen and oxygen atoms in total. The van der Waals surface area contributed by atoms with Gasteiger partial charge in [0.2, 0.25) is 0 Å². The van der Waals surface area contributed by atoms with E-state index in [1.165, 1.54) is 6.08 Å². The summed E-state index contributed by atoms with van der Waals surface area (Å²) in [7, 11) is 1.54. The monoisotopic (exact) mass is 417 g/mol. The zero-order valence-corrected chi connectivity index (χ0v) is 17.4. The fraction of sp³-hybridized carbons (Fsp3) is 0.273. The van der Waals surface area contributed by atoms with Gasteiger partial charge in [-0.2, -0.15) is 0 Å². The van der Waals surface area contributed by atoms with Gasteiger partial charge in [-0.3, -0.25) is 4.79 Å². The molecule has 7 heteroatoms. The van der Waals surface area contributed by atoms with E-state index in [2.05, 4.69) is 5.32 Å². The number of methoxy groups -OCH3 is 1. The highest BCUT2D eigenvalue weighted by molar-refractivity contribution is 6.31. The van der Waals surface area contributed by atoms with Crippen molar-refractivity contribution in [1.29, 1.82) is 0 Å². The van der Waals surface area contributed by atoms with Gasteiger partial charge in [0, 0.05) is 11.1 Å². The van der Waals surface area contributed by atoms with E-state index in [-0.39, 0.29) is 12.6 Å². The van der Waals surface area contributed by atoms with Crippen molar-refractivity contribution in [1.82, 2.24) is 5.32 Å². The van der Waals surface area contributed by atoms with Gasteiger partial charge in [0.1, 0.15) is 0 Å². The predicted molar refractivity (Wildman–Crippen MR) is 112 cm³/mol. The van der Waals surface area contributed by atoms with Crippen LogP contribution in [0.2, 0.25) is 5.02 Å². The number of nitrogens with one attached hydrogen (secondary N) is 1. The fourth-order valence-electron chi connectivity index (χ4n) is 2.60. The number of amides is 1. The van der Waals surface area contributed by atoms with E-state index in [1.54, 1.807) is 44.4 Å². The van der Waals surface area contributed by atoms with Gasteiger partial charge >= 0.3 is 5.97 Å². The molecule has 1 N–H and O–H groups in total. The van der Waals surface area contributed by atoms with Gasteiger partial charge in [-0.15, -0.1) is 0 Å². The average Bonchev–Trinajstić information content (AvgIpc) is 2.71. The Balaban J connectivity index is 1.86. The van der Waals surface area contributed by atoms with E-state index < -0.39 is 11.9 Å². The first-order chi connectivity index (χ1) is 13.9. The maximum Gasteiger partial charge on any atom is 0.331 e. The summed E-state index contributed by atoms with van der Waals surface area (Å²) in [5.74, 6) is 0.148. The quantitative estimate of drug-likeness (QED) is 0.489. The summed E-state index contributed by atoms with van der Waals surface area (Å²) in [6, 6.07) is 12.2. The minimum atomic E-state index is -0.626. The Hall–Kier alpha value is -2.99. The number of benzene rings is 2. The van der Waals surface area contributed by atoms with E-state index in [9.17, 15) is 9.59 Å². The number of esters is 1. The molecule has 0 aliphatic heterocycles. The Morgan fingerprint density at radius 1 is 1.17 bits per heavy atom. The van der Waals surface area contributed by atoms with Crippen LogP contribution in [-0.4, -0.2) is 32.2 Å². The number of ether oxygens (including phenoxy) is 3. The van der Waals surface area contributed by atoms with Crippen LogP contribution < -0.4 is 14.8 Å².